The van der Waals surface area contributed by atoms with Gasteiger partial charge in [0.25, 0.3) is 0 Å². The van der Waals surface area contributed by atoms with Crippen LogP contribution < -0.4 is 0 Å². The van der Waals surface area contributed by atoms with Crippen molar-refractivity contribution in [2.75, 3.05) is 0 Å². The SMILES string of the molecule is CC(C)c1cc(C=C2C(=O)C(C)(C)OC2(C)C)cc(C(C)C)c1O. The molecule has 3 heteroatoms. The third kappa shape index (κ3) is 3.27. The van der Waals surface area contributed by atoms with Gasteiger partial charge in [-0.15, -0.1) is 0 Å². The molecule has 1 saturated heterocycles. The van der Waals surface area contributed by atoms with Crippen LogP contribution in [0.5, 0.6) is 5.75 Å². The summed E-state index contributed by atoms with van der Waals surface area (Å²) in [5.41, 5.74) is 2.04. The summed E-state index contributed by atoms with van der Waals surface area (Å²) in [4.78, 5) is 12.7. The largest absolute Gasteiger partial charge is 0.507 e. The fourth-order valence-corrected chi connectivity index (χ4v) is 3.41. The van der Waals surface area contributed by atoms with E-state index in [9.17, 15) is 9.90 Å². The van der Waals surface area contributed by atoms with Gasteiger partial charge in [-0.1, -0.05) is 27.7 Å². The number of carbonyl (C=O) groups excluding carboxylic acids is 1. The van der Waals surface area contributed by atoms with E-state index >= 15 is 0 Å². The van der Waals surface area contributed by atoms with Crippen LogP contribution in [0.25, 0.3) is 6.08 Å². The maximum absolute atomic E-state index is 12.7. The fraction of sp³-hybridized carbons (Fsp3) is 0.571. The highest BCUT2D eigenvalue weighted by Gasteiger charge is 2.49. The van der Waals surface area contributed by atoms with E-state index in [1.165, 1.54) is 0 Å². The number of carbonyl (C=O) groups is 1. The Bertz CT molecular complexity index is 662. The van der Waals surface area contributed by atoms with Crippen LogP contribution in [-0.4, -0.2) is 22.1 Å². The van der Waals surface area contributed by atoms with Crippen molar-refractivity contribution in [2.45, 2.75) is 78.4 Å². The molecule has 1 heterocycles. The summed E-state index contributed by atoms with van der Waals surface area (Å²) in [7, 11) is 0. The number of ketones is 1. The van der Waals surface area contributed by atoms with Crippen molar-refractivity contribution in [1.82, 2.24) is 0 Å². The number of phenols is 1. The number of benzene rings is 1. The highest BCUT2D eigenvalue weighted by atomic mass is 16.5. The van der Waals surface area contributed by atoms with Gasteiger partial charge >= 0.3 is 0 Å². The Hall–Kier alpha value is -1.61. The van der Waals surface area contributed by atoms with E-state index < -0.39 is 11.2 Å². The first kappa shape index (κ1) is 18.7. The number of hydrogen-bond acceptors (Lipinski definition) is 3. The molecule has 1 aliphatic heterocycles. The summed E-state index contributed by atoms with van der Waals surface area (Å²) in [5.74, 6) is 0.815. The van der Waals surface area contributed by atoms with E-state index in [-0.39, 0.29) is 17.6 Å². The highest BCUT2D eigenvalue weighted by Crippen LogP contribution is 2.41. The first-order valence-electron chi connectivity index (χ1n) is 8.70. The third-order valence-corrected chi connectivity index (χ3v) is 4.70. The van der Waals surface area contributed by atoms with Crippen molar-refractivity contribution in [1.29, 1.82) is 0 Å². The van der Waals surface area contributed by atoms with Gasteiger partial charge in [0.2, 0.25) is 0 Å². The molecule has 1 fully saturated rings. The Kier molecular flexibility index (Phi) is 4.71. The Morgan fingerprint density at radius 2 is 1.42 bits per heavy atom. The highest BCUT2D eigenvalue weighted by molar-refractivity contribution is 6.08. The number of aromatic hydroxyl groups is 1. The van der Waals surface area contributed by atoms with Crippen LogP contribution in [-0.2, 0) is 9.53 Å². The monoisotopic (exact) mass is 330 g/mol. The summed E-state index contributed by atoms with van der Waals surface area (Å²) >= 11 is 0. The molecule has 0 amide bonds. The van der Waals surface area contributed by atoms with Crippen molar-refractivity contribution in [2.24, 2.45) is 0 Å². The smallest absolute Gasteiger partial charge is 0.192 e. The first-order valence-corrected chi connectivity index (χ1v) is 8.70. The Labute approximate surface area is 145 Å². The van der Waals surface area contributed by atoms with Gasteiger partial charge in [0.05, 0.1) is 5.60 Å². The molecule has 0 saturated carbocycles. The molecular formula is C21H30O3. The summed E-state index contributed by atoms with van der Waals surface area (Å²) in [6, 6.07) is 3.96. The minimum Gasteiger partial charge on any atom is -0.507 e. The van der Waals surface area contributed by atoms with E-state index in [2.05, 4.69) is 27.7 Å². The van der Waals surface area contributed by atoms with Crippen LogP contribution in [0.15, 0.2) is 17.7 Å². The van der Waals surface area contributed by atoms with Crippen LogP contribution in [0.2, 0.25) is 0 Å². The maximum atomic E-state index is 12.7. The maximum Gasteiger partial charge on any atom is 0.192 e. The van der Waals surface area contributed by atoms with Gasteiger partial charge in [-0.25, -0.2) is 0 Å². The van der Waals surface area contributed by atoms with Gasteiger partial charge in [0.15, 0.2) is 5.78 Å². The topological polar surface area (TPSA) is 46.5 Å². The lowest BCUT2D eigenvalue weighted by atomic mass is 9.87. The Morgan fingerprint density at radius 1 is 0.958 bits per heavy atom. The summed E-state index contributed by atoms with van der Waals surface area (Å²) in [5, 5.41) is 10.5. The average molecular weight is 330 g/mol. The molecule has 1 aromatic rings. The lowest BCUT2D eigenvalue weighted by Gasteiger charge is -2.22. The number of hydrogen-bond donors (Lipinski definition) is 1. The van der Waals surface area contributed by atoms with E-state index in [1.807, 2.05) is 45.9 Å². The Balaban J connectivity index is 2.63. The van der Waals surface area contributed by atoms with Gasteiger partial charge in [0, 0.05) is 5.57 Å². The molecule has 0 aliphatic carbocycles. The summed E-state index contributed by atoms with van der Waals surface area (Å²) in [6.45, 7) is 15.7. The molecule has 3 nitrogen and oxygen atoms in total. The normalized spacial score (nSPS) is 21.2. The predicted molar refractivity (Wildman–Crippen MR) is 98.5 cm³/mol. The summed E-state index contributed by atoms with van der Waals surface area (Å²) in [6.07, 6.45) is 1.92. The van der Waals surface area contributed by atoms with E-state index in [0.717, 1.165) is 16.7 Å². The first-order chi connectivity index (χ1) is 10.9. The van der Waals surface area contributed by atoms with Crippen LogP contribution in [0.4, 0.5) is 0 Å². The second-order valence-electron chi connectivity index (χ2n) is 8.37. The molecule has 0 atom stereocenters. The minimum atomic E-state index is -0.798. The number of rotatable bonds is 3. The van der Waals surface area contributed by atoms with Gasteiger partial charge < -0.3 is 9.84 Å². The fourth-order valence-electron chi connectivity index (χ4n) is 3.41. The van der Waals surface area contributed by atoms with Crippen molar-refractivity contribution in [3.05, 3.63) is 34.4 Å². The van der Waals surface area contributed by atoms with Crippen LogP contribution in [0.1, 0.15) is 83.9 Å². The number of phenolic OH excluding ortho intramolecular Hbond substituents is 1. The molecule has 1 N–H and O–H groups in total. The van der Waals surface area contributed by atoms with Crippen molar-refractivity contribution >= 4 is 11.9 Å². The quantitative estimate of drug-likeness (QED) is 0.777. The van der Waals surface area contributed by atoms with E-state index in [0.29, 0.717) is 11.3 Å². The lowest BCUT2D eigenvalue weighted by molar-refractivity contribution is -0.132. The third-order valence-electron chi connectivity index (χ3n) is 4.70. The van der Waals surface area contributed by atoms with Crippen molar-refractivity contribution < 1.29 is 14.6 Å². The second kappa shape index (κ2) is 6.03. The van der Waals surface area contributed by atoms with Gasteiger partial charge in [-0.2, -0.15) is 0 Å². The number of ether oxygens (including phenoxy) is 1. The minimum absolute atomic E-state index is 0.0257. The van der Waals surface area contributed by atoms with Crippen molar-refractivity contribution in [3.63, 3.8) is 0 Å². The molecule has 24 heavy (non-hydrogen) atoms. The van der Waals surface area contributed by atoms with Crippen LogP contribution in [0.3, 0.4) is 0 Å². The second-order valence-corrected chi connectivity index (χ2v) is 8.37. The standard InChI is InChI=1S/C21H30O3/c1-12(2)15-9-14(10-16(13(3)4)18(15)22)11-17-19(23)21(7,8)24-20(17,5)6/h9-13,22H,1-8H3. The average Bonchev–Trinajstić information content (AvgIpc) is 2.57. The van der Waals surface area contributed by atoms with Gasteiger partial charge in [-0.05, 0) is 74.4 Å². The van der Waals surface area contributed by atoms with Gasteiger partial charge in [0.1, 0.15) is 11.4 Å². The zero-order valence-electron chi connectivity index (χ0n) is 16.2. The molecular weight excluding hydrogens is 300 g/mol. The zero-order chi connectivity index (χ0) is 18.4. The molecule has 1 aromatic carbocycles. The molecule has 132 valence electrons. The molecule has 0 aromatic heterocycles. The molecule has 1 aliphatic rings. The molecule has 2 rings (SSSR count). The molecule has 0 bridgehead atoms. The molecule has 0 unspecified atom stereocenters. The predicted octanol–water partition coefficient (Wildman–Crippen LogP) is 5.18. The number of Topliss-reactive ketones (excluding diaryl/α,β-unsaturated/α-hetero) is 1. The van der Waals surface area contributed by atoms with Gasteiger partial charge in [-0.3, -0.25) is 4.79 Å². The summed E-state index contributed by atoms with van der Waals surface area (Å²) < 4.78 is 5.95. The van der Waals surface area contributed by atoms with Crippen LogP contribution >= 0.6 is 0 Å². The van der Waals surface area contributed by atoms with Crippen LogP contribution in [0, 0.1) is 0 Å². The molecule has 0 spiro atoms. The van der Waals surface area contributed by atoms with E-state index in [4.69, 9.17) is 4.74 Å². The van der Waals surface area contributed by atoms with Crippen molar-refractivity contribution in [3.8, 4) is 5.75 Å². The zero-order valence-corrected chi connectivity index (χ0v) is 16.2. The molecule has 0 radical (unpaired) electrons. The lowest BCUT2D eigenvalue weighted by Crippen LogP contribution is -2.29. The van der Waals surface area contributed by atoms with E-state index in [1.54, 1.807) is 0 Å². The Morgan fingerprint density at radius 3 is 1.75 bits per heavy atom.